The highest BCUT2D eigenvalue weighted by Gasteiger charge is 2.06. The summed E-state index contributed by atoms with van der Waals surface area (Å²) in [6.45, 7) is 5.44. The second kappa shape index (κ2) is 3.28. The summed E-state index contributed by atoms with van der Waals surface area (Å²) in [5.41, 5.74) is 0.888. The van der Waals surface area contributed by atoms with Crippen LogP contribution in [0.5, 0.6) is 0 Å². The number of hydrogen-bond donors (Lipinski definition) is 1. The maximum atomic E-state index is 7.37. The van der Waals surface area contributed by atoms with Gasteiger partial charge in [0.1, 0.15) is 0 Å². The number of rotatable bonds is 1. The van der Waals surface area contributed by atoms with Crippen molar-refractivity contribution in [3.63, 3.8) is 0 Å². The maximum Gasteiger partial charge on any atom is 0.150 e. The van der Waals surface area contributed by atoms with Gasteiger partial charge in [0.2, 0.25) is 0 Å². The Bertz CT molecular complexity index is 236. The molecule has 0 fully saturated rings. The van der Waals surface area contributed by atoms with E-state index in [1.54, 1.807) is 0 Å². The van der Waals surface area contributed by atoms with Crippen molar-refractivity contribution in [3.8, 4) is 0 Å². The lowest BCUT2D eigenvalue weighted by Crippen LogP contribution is -2.01. The molecule has 1 unspecified atom stereocenters. The molecule has 1 rings (SSSR count). The van der Waals surface area contributed by atoms with Crippen LogP contribution >= 0.6 is 0 Å². The Morgan fingerprint density at radius 1 is 1.82 bits per heavy atom. The summed E-state index contributed by atoms with van der Waals surface area (Å²) in [5, 5.41) is 7.37. The summed E-state index contributed by atoms with van der Waals surface area (Å²) in [4.78, 5) is 3.56. The molecule has 1 atom stereocenters. The minimum Gasteiger partial charge on any atom is -0.282 e. The van der Waals surface area contributed by atoms with Crippen molar-refractivity contribution in [3.05, 3.63) is 23.8 Å². The fourth-order valence-corrected chi connectivity index (χ4v) is 1.09. The Balaban J connectivity index is 2.79. The molecule has 0 heterocycles. The number of nitrogens with one attached hydrogen (secondary N) is 1. The van der Waals surface area contributed by atoms with Gasteiger partial charge in [-0.2, -0.15) is 0 Å². The minimum absolute atomic E-state index is 0.271. The molecule has 1 N–H and O–H groups in total. The van der Waals surface area contributed by atoms with E-state index < -0.39 is 0 Å². The van der Waals surface area contributed by atoms with Crippen molar-refractivity contribution >= 4 is 12.6 Å². The lowest BCUT2D eigenvalue weighted by molar-refractivity contribution is 0.733. The Morgan fingerprint density at radius 3 is 3.09 bits per heavy atom. The summed E-state index contributed by atoms with van der Waals surface area (Å²) >= 11 is 0. The van der Waals surface area contributed by atoms with Crippen LogP contribution < -0.4 is 0 Å². The summed E-state index contributed by atoms with van der Waals surface area (Å²) < 4.78 is 0. The molecule has 1 aliphatic rings. The maximum absolute atomic E-state index is 7.37. The second-order valence-corrected chi connectivity index (χ2v) is 2.74. The van der Waals surface area contributed by atoms with Gasteiger partial charge in [-0.05, 0) is 19.1 Å². The number of amidine groups is 1. The largest absolute Gasteiger partial charge is 0.282 e. The van der Waals surface area contributed by atoms with E-state index in [0.717, 1.165) is 12.0 Å². The smallest absolute Gasteiger partial charge is 0.150 e. The van der Waals surface area contributed by atoms with Crippen LogP contribution in [-0.4, -0.2) is 12.6 Å². The van der Waals surface area contributed by atoms with Crippen molar-refractivity contribution < 1.29 is 0 Å². The molecular formula is C9H12N2. The van der Waals surface area contributed by atoms with Crippen LogP contribution in [0.4, 0.5) is 0 Å². The molecule has 0 amide bonds. The highest BCUT2D eigenvalue weighted by molar-refractivity contribution is 6.01. The summed E-state index contributed by atoms with van der Waals surface area (Å²) in [5.74, 6) is 0.796. The fourth-order valence-electron chi connectivity index (χ4n) is 1.09. The molecule has 0 aromatic heterocycles. The minimum atomic E-state index is 0.271. The van der Waals surface area contributed by atoms with Gasteiger partial charge in [0.05, 0.1) is 0 Å². The first-order valence-electron chi connectivity index (χ1n) is 3.68. The Labute approximate surface area is 66.9 Å². The average molecular weight is 148 g/mol. The Kier molecular flexibility index (Phi) is 2.36. The van der Waals surface area contributed by atoms with E-state index in [2.05, 4.69) is 30.8 Å². The standard InChI is InChI=1S/C9H12N2/c1-7-4-3-5-8(6-7)9(10)11-2/h3,5-7,10H,2,4H2,1H3. The molecule has 11 heavy (non-hydrogen) atoms. The molecule has 2 nitrogen and oxygen atoms in total. The first-order valence-corrected chi connectivity index (χ1v) is 3.68. The average Bonchev–Trinajstić information content (AvgIpc) is 2.03. The van der Waals surface area contributed by atoms with Gasteiger partial charge in [0.25, 0.3) is 0 Å². The topological polar surface area (TPSA) is 36.2 Å². The zero-order valence-corrected chi connectivity index (χ0v) is 6.67. The van der Waals surface area contributed by atoms with E-state index in [9.17, 15) is 0 Å². The van der Waals surface area contributed by atoms with Crippen LogP contribution in [-0.2, 0) is 0 Å². The van der Waals surface area contributed by atoms with Crippen LogP contribution in [0.25, 0.3) is 0 Å². The van der Waals surface area contributed by atoms with Crippen molar-refractivity contribution in [2.45, 2.75) is 13.3 Å². The summed E-state index contributed by atoms with van der Waals surface area (Å²) in [6, 6.07) is 0. The number of aliphatic imine (C=N–C) groups is 1. The van der Waals surface area contributed by atoms with Crippen molar-refractivity contribution in [1.29, 1.82) is 5.41 Å². The predicted molar refractivity (Wildman–Crippen MR) is 48.3 cm³/mol. The zero-order valence-electron chi connectivity index (χ0n) is 6.67. The first kappa shape index (κ1) is 7.92. The van der Waals surface area contributed by atoms with Crippen LogP contribution in [0.2, 0.25) is 0 Å². The molecule has 0 aliphatic heterocycles. The third-order valence-electron chi connectivity index (χ3n) is 1.70. The van der Waals surface area contributed by atoms with Crippen LogP contribution in [0, 0.1) is 11.3 Å². The molecular weight excluding hydrogens is 136 g/mol. The van der Waals surface area contributed by atoms with Crippen LogP contribution in [0.3, 0.4) is 0 Å². The van der Waals surface area contributed by atoms with E-state index in [4.69, 9.17) is 5.41 Å². The number of nitrogens with zero attached hydrogens (tertiary/aromatic N) is 1. The third kappa shape index (κ3) is 1.87. The lowest BCUT2D eigenvalue weighted by atomic mass is 9.97. The molecule has 0 radical (unpaired) electrons. The van der Waals surface area contributed by atoms with Crippen molar-refractivity contribution in [2.75, 3.05) is 0 Å². The van der Waals surface area contributed by atoms with E-state index in [1.165, 1.54) is 0 Å². The highest BCUT2D eigenvalue weighted by atomic mass is 14.8. The fraction of sp³-hybridized carbons (Fsp3) is 0.333. The van der Waals surface area contributed by atoms with E-state index in [-0.39, 0.29) is 5.84 Å². The van der Waals surface area contributed by atoms with Gasteiger partial charge in [0.15, 0.2) is 5.84 Å². The molecule has 0 aromatic rings. The Morgan fingerprint density at radius 2 is 2.55 bits per heavy atom. The van der Waals surface area contributed by atoms with E-state index in [1.807, 2.05) is 6.08 Å². The van der Waals surface area contributed by atoms with Gasteiger partial charge in [-0.3, -0.25) is 5.41 Å². The highest BCUT2D eigenvalue weighted by Crippen LogP contribution is 2.16. The van der Waals surface area contributed by atoms with Gasteiger partial charge in [-0.1, -0.05) is 25.2 Å². The third-order valence-corrected chi connectivity index (χ3v) is 1.70. The zero-order chi connectivity index (χ0) is 8.27. The van der Waals surface area contributed by atoms with Gasteiger partial charge < -0.3 is 0 Å². The monoisotopic (exact) mass is 148 g/mol. The lowest BCUT2D eigenvalue weighted by Gasteiger charge is -2.10. The number of allylic oxidation sites excluding steroid dienone is 2. The molecule has 0 spiro atoms. The molecule has 58 valence electrons. The quantitative estimate of drug-likeness (QED) is 0.437. The second-order valence-electron chi connectivity index (χ2n) is 2.74. The van der Waals surface area contributed by atoms with Gasteiger partial charge in [-0.25, -0.2) is 4.99 Å². The summed E-state index contributed by atoms with van der Waals surface area (Å²) in [7, 11) is 0. The summed E-state index contributed by atoms with van der Waals surface area (Å²) in [6.07, 6.45) is 7.11. The van der Waals surface area contributed by atoms with Gasteiger partial charge in [-0.15, -0.1) is 0 Å². The molecule has 0 saturated heterocycles. The first-order chi connectivity index (χ1) is 5.24. The molecule has 0 saturated carbocycles. The Hall–Kier alpha value is -1.18. The van der Waals surface area contributed by atoms with Crippen LogP contribution in [0.1, 0.15) is 13.3 Å². The van der Waals surface area contributed by atoms with E-state index in [0.29, 0.717) is 5.92 Å². The van der Waals surface area contributed by atoms with Crippen molar-refractivity contribution in [1.82, 2.24) is 0 Å². The molecule has 1 aliphatic carbocycles. The molecule has 2 heteroatoms. The van der Waals surface area contributed by atoms with Crippen molar-refractivity contribution in [2.24, 2.45) is 10.9 Å². The van der Waals surface area contributed by atoms with Gasteiger partial charge >= 0.3 is 0 Å². The normalized spacial score (nSPS) is 22.6. The molecule has 0 aromatic carbocycles. The molecule has 0 bridgehead atoms. The SMILES string of the molecule is C=NC(=N)C1=CC(C)CC=C1. The predicted octanol–water partition coefficient (Wildman–Crippen LogP) is 2.19. The van der Waals surface area contributed by atoms with Crippen LogP contribution in [0.15, 0.2) is 28.8 Å². The number of hydrogen-bond acceptors (Lipinski definition) is 1. The van der Waals surface area contributed by atoms with Gasteiger partial charge in [0, 0.05) is 5.57 Å². The van der Waals surface area contributed by atoms with E-state index >= 15 is 0 Å².